The summed E-state index contributed by atoms with van der Waals surface area (Å²) in [6.07, 6.45) is 19.0. The largest absolute Gasteiger partial charge is 0.502 e. The molecule has 0 amide bonds. The van der Waals surface area contributed by atoms with Gasteiger partial charge in [0.25, 0.3) is 0 Å². The van der Waals surface area contributed by atoms with E-state index in [0.29, 0.717) is 6.10 Å². The van der Waals surface area contributed by atoms with Crippen molar-refractivity contribution in [3.8, 4) is 0 Å². The van der Waals surface area contributed by atoms with E-state index >= 15 is 0 Å². The maximum atomic E-state index is 6.56. The highest BCUT2D eigenvalue weighted by Crippen LogP contribution is 2.41. The van der Waals surface area contributed by atoms with Crippen LogP contribution < -0.4 is 0 Å². The van der Waals surface area contributed by atoms with Crippen molar-refractivity contribution in [3.63, 3.8) is 0 Å². The van der Waals surface area contributed by atoms with Crippen molar-refractivity contribution in [1.82, 2.24) is 0 Å². The van der Waals surface area contributed by atoms with Gasteiger partial charge in [-0.15, -0.1) is 0 Å². The fourth-order valence-electron chi connectivity index (χ4n) is 4.41. The zero-order chi connectivity index (χ0) is 17.8. The third-order valence-electron chi connectivity index (χ3n) is 6.14. The molecule has 2 unspecified atom stereocenters. The Morgan fingerprint density at radius 1 is 1.04 bits per heavy atom. The minimum absolute atomic E-state index is 0.115. The van der Waals surface area contributed by atoms with E-state index in [9.17, 15) is 0 Å². The lowest BCUT2D eigenvalue weighted by atomic mass is 9.73. The quantitative estimate of drug-likeness (QED) is 0.205. The molecule has 3 heteroatoms. The van der Waals surface area contributed by atoms with E-state index in [0.717, 1.165) is 38.6 Å². The van der Waals surface area contributed by atoms with Crippen LogP contribution in [0.2, 0.25) is 0 Å². The number of unbranched alkanes of at least 4 members (excludes halogenated alkanes) is 5. The minimum Gasteiger partial charge on any atom is -0.502 e. The van der Waals surface area contributed by atoms with E-state index < -0.39 is 0 Å². The summed E-state index contributed by atoms with van der Waals surface area (Å²) in [5, 5.41) is 0. The van der Waals surface area contributed by atoms with Gasteiger partial charge in [-0.25, -0.2) is 0 Å². The predicted molar refractivity (Wildman–Crippen MR) is 104 cm³/mol. The molecule has 0 aromatic rings. The average Bonchev–Trinajstić information content (AvgIpc) is 3.48. The SMILES string of the molecule is C=COCCCCCCCCC(CC)(OCC1CO1)C1CCCCC1. The van der Waals surface area contributed by atoms with Gasteiger partial charge in [0.05, 0.1) is 31.7 Å². The maximum absolute atomic E-state index is 6.56. The highest BCUT2D eigenvalue weighted by atomic mass is 16.6. The lowest BCUT2D eigenvalue weighted by Gasteiger charge is -2.42. The van der Waals surface area contributed by atoms with Crippen molar-refractivity contribution in [2.24, 2.45) is 5.92 Å². The molecule has 1 saturated carbocycles. The van der Waals surface area contributed by atoms with Crippen LogP contribution in [0.5, 0.6) is 0 Å². The van der Waals surface area contributed by atoms with Gasteiger partial charge in [0, 0.05) is 0 Å². The van der Waals surface area contributed by atoms with Crippen molar-refractivity contribution in [3.05, 3.63) is 12.8 Å². The Kier molecular flexibility index (Phi) is 9.93. The van der Waals surface area contributed by atoms with Crippen LogP contribution >= 0.6 is 0 Å². The summed E-state index contributed by atoms with van der Waals surface area (Å²) in [6, 6.07) is 0. The molecule has 3 nitrogen and oxygen atoms in total. The number of rotatable bonds is 15. The molecular formula is C22H40O3. The summed E-state index contributed by atoms with van der Waals surface area (Å²) in [5.74, 6) is 0.765. The molecular weight excluding hydrogens is 312 g/mol. The molecule has 0 bridgehead atoms. The summed E-state index contributed by atoms with van der Waals surface area (Å²) in [4.78, 5) is 0. The van der Waals surface area contributed by atoms with Gasteiger partial charge in [-0.3, -0.25) is 0 Å². The molecule has 1 heterocycles. The number of ether oxygens (including phenoxy) is 3. The molecule has 2 atom stereocenters. The molecule has 1 saturated heterocycles. The van der Waals surface area contributed by atoms with Gasteiger partial charge in [0.1, 0.15) is 6.10 Å². The van der Waals surface area contributed by atoms with Crippen LogP contribution in [0.4, 0.5) is 0 Å². The van der Waals surface area contributed by atoms with Crippen molar-refractivity contribution in [2.75, 3.05) is 19.8 Å². The normalized spacial score (nSPS) is 23.2. The van der Waals surface area contributed by atoms with Gasteiger partial charge >= 0.3 is 0 Å². The second kappa shape index (κ2) is 12.0. The zero-order valence-corrected chi connectivity index (χ0v) is 16.5. The van der Waals surface area contributed by atoms with Crippen LogP contribution in [0, 0.1) is 5.92 Å². The van der Waals surface area contributed by atoms with Gasteiger partial charge in [-0.2, -0.15) is 0 Å². The molecule has 0 aromatic carbocycles. The van der Waals surface area contributed by atoms with E-state index in [-0.39, 0.29) is 5.60 Å². The molecule has 2 aliphatic rings. The molecule has 0 radical (unpaired) electrons. The highest BCUT2D eigenvalue weighted by Gasteiger charge is 2.39. The fraction of sp³-hybridized carbons (Fsp3) is 0.909. The second-order valence-electron chi connectivity index (χ2n) is 7.93. The molecule has 146 valence electrons. The predicted octanol–water partition coefficient (Wildman–Crippen LogP) is 6.02. The van der Waals surface area contributed by atoms with E-state index in [1.807, 2.05) is 0 Å². The van der Waals surface area contributed by atoms with Gasteiger partial charge in [0.2, 0.25) is 0 Å². The minimum atomic E-state index is 0.115. The lowest BCUT2D eigenvalue weighted by molar-refractivity contribution is -0.110. The second-order valence-corrected chi connectivity index (χ2v) is 7.93. The Morgan fingerprint density at radius 3 is 2.36 bits per heavy atom. The third kappa shape index (κ3) is 7.70. The monoisotopic (exact) mass is 352 g/mol. The topological polar surface area (TPSA) is 31.0 Å². The smallest absolute Gasteiger partial charge is 0.104 e. The first-order valence-corrected chi connectivity index (χ1v) is 10.8. The molecule has 25 heavy (non-hydrogen) atoms. The van der Waals surface area contributed by atoms with Crippen LogP contribution in [-0.2, 0) is 14.2 Å². The first kappa shape index (κ1) is 20.8. The Labute approximate surface area is 155 Å². The Morgan fingerprint density at radius 2 is 1.72 bits per heavy atom. The van der Waals surface area contributed by atoms with Gasteiger partial charge in [0.15, 0.2) is 0 Å². The molecule has 2 fully saturated rings. The molecule has 0 N–H and O–H groups in total. The summed E-state index contributed by atoms with van der Waals surface area (Å²) >= 11 is 0. The van der Waals surface area contributed by atoms with Gasteiger partial charge < -0.3 is 14.2 Å². The molecule has 0 aromatic heterocycles. The van der Waals surface area contributed by atoms with E-state index in [4.69, 9.17) is 14.2 Å². The zero-order valence-electron chi connectivity index (χ0n) is 16.5. The van der Waals surface area contributed by atoms with Crippen molar-refractivity contribution in [1.29, 1.82) is 0 Å². The van der Waals surface area contributed by atoms with Crippen LogP contribution in [0.15, 0.2) is 12.8 Å². The number of hydrogen-bond acceptors (Lipinski definition) is 3. The van der Waals surface area contributed by atoms with E-state index in [1.165, 1.54) is 70.6 Å². The van der Waals surface area contributed by atoms with Crippen LogP contribution in [0.3, 0.4) is 0 Å². The summed E-state index contributed by atoms with van der Waals surface area (Å²) in [5.41, 5.74) is 0.115. The summed E-state index contributed by atoms with van der Waals surface area (Å²) in [6.45, 7) is 8.45. The molecule has 0 spiro atoms. The first-order chi connectivity index (χ1) is 12.3. The highest BCUT2D eigenvalue weighted by molar-refractivity contribution is 4.90. The van der Waals surface area contributed by atoms with Gasteiger partial charge in [-0.1, -0.05) is 64.9 Å². The van der Waals surface area contributed by atoms with E-state index in [2.05, 4.69) is 13.5 Å². The molecule has 1 aliphatic heterocycles. The fourth-order valence-corrected chi connectivity index (χ4v) is 4.41. The summed E-state index contributed by atoms with van der Waals surface area (Å²) < 4.78 is 17.1. The number of hydrogen-bond donors (Lipinski definition) is 0. The van der Waals surface area contributed by atoms with Crippen molar-refractivity contribution >= 4 is 0 Å². The summed E-state index contributed by atoms with van der Waals surface area (Å²) in [7, 11) is 0. The molecule has 1 aliphatic carbocycles. The van der Waals surface area contributed by atoms with Crippen LogP contribution in [0.1, 0.15) is 90.4 Å². The standard InChI is InChI=1S/C22H40O3/c1-3-22(25-19-21-18-24-21,20-14-10-9-11-15-20)16-12-7-5-6-8-13-17-23-4-2/h4,20-21H,2-3,5-19H2,1H3. The first-order valence-electron chi connectivity index (χ1n) is 10.8. The van der Waals surface area contributed by atoms with Gasteiger partial charge in [-0.05, 0) is 38.0 Å². The van der Waals surface area contributed by atoms with Crippen LogP contribution in [0.25, 0.3) is 0 Å². The third-order valence-corrected chi connectivity index (χ3v) is 6.14. The molecule has 2 rings (SSSR count). The number of epoxide rings is 1. The average molecular weight is 353 g/mol. The van der Waals surface area contributed by atoms with Crippen LogP contribution in [-0.4, -0.2) is 31.5 Å². The maximum Gasteiger partial charge on any atom is 0.104 e. The Hall–Kier alpha value is -0.540. The Bertz CT molecular complexity index is 347. The Balaban J connectivity index is 1.68. The lowest BCUT2D eigenvalue weighted by Crippen LogP contribution is -2.42. The van der Waals surface area contributed by atoms with E-state index in [1.54, 1.807) is 6.26 Å². The van der Waals surface area contributed by atoms with Crippen molar-refractivity contribution in [2.45, 2.75) is 102 Å². The van der Waals surface area contributed by atoms with Crippen molar-refractivity contribution < 1.29 is 14.2 Å².